The van der Waals surface area contributed by atoms with Crippen molar-refractivity contribution in [2.24, 2.45) is 11.3 Å². The van der Waals surface area contributed by atoms with Crippen LogP contribution in [0.3, 0.4) is 0 Å². The summed E-state index contributed by atoms with van der Waals surface area (Å²) in [6.45, 7) is 4.35. The second-order valence-corrected chi connectivity index (χ2v) is 9.64. The average Bonchev–Trinajstić information content (AvgIpc) is 3.32. The van der Waals surface area contributed by atoms with E-state index in [0.717, 1.165) is 38.1 Å². The second-order valence-electron chi connectivity index (χ2n) is 9.64. The lowest BCUT2D eigenvalue weighted by atomic mass is 9.65. The summed E-state index contributed by atoms with van der Waals surface area (Å²) in [7, 11) is 2.25. The van der Waals surface area contributed by atoms with Crippen molar-refractivity contribution < 1.29 is 4.74 Å². The van der Waals surface area contributed by atoms with E-state index in [-0.39, 0.29) is 0 Å². The largest absolute Gasteiger partial charge is 0.381 e. The summed E-state index contributed by atoms with van der Waals surface area (Å²) in [6.07, 6.45) is 15.2. The van der Waals surface area contributed by atoms with Crippen LogP contribution in [0.15, 0.2) is 18.5 Å². The third-order valence-corrected chi connectivity index (χ3v) is 7.73. The molecule has 0 radical (unpaired) electrons. The molecule has 1 saturated carbocycles. The summed E-state index contributed by atoms with van der Waals surface area (Å²) < 4.78 is 7.95. The van der Waals surface area contributed by atoms with Crippen LogP contribution in [0, 0.1) is 11.3 Å². The molecule has 6 rings (SSSR count). The van der Waals surface area contributed by atoms with Crippen molar-refractivity contribution >= 4 is 11.2 Å². The molecule has 2 aliphatic heterocycles. The van der Waals surface area contributed by atoms with Gasteiger partial charge in [-0.2, -0.15) is 0 Å². The lowest BCUT2D eigenvalue weighted by Crippen LogP contribution is -2.55. The van der Waals surface area contributed by atoms with E-state index in [0.29, 0.717) is 17.3 Å². The molecule has 4 heterocycles. The molecular formula is C23H30N4O. The van der Waals surface area contributed by atoms with Crippen molar-refractivity contribution in [2.75, 3.05) is 33.4 Å². The van der Waals surface area contributed by atoms with Gasteiger partial charge in [0.2, 0.25) is 0 Å². The summed E-state index contributed by atoms with van der Waals surface area (Å²) in [5, 5.41) is 0. The highest BCUT2D eigenvalue weighted by atomic mass is 16.5. The average molecular weight is 379 g/mol. The quantitative estimate of drug-likeness (QED) is 0.799. The number of ether oxygens (including phenoxy) is 1. The van der Waals surface area contributed by atoms with Crippen LogP contribution in [0.25, 0.3) is 11.2 Å². The summed E-state index contributed by atoms with van der Waals surface area (Å²) in [5.74, 6) is 1.22. The minimum absolute atomic E-state index is 0.610. The van der Waals surface area contributed by atoms with Crippen molar-refractivity contribution in [1.82, 2.24) is 19.3 Å². The monoisotopic (exact) mass is 378 g/mol. The highest BCUT2D eigenvalue weighted by molar-refractivity contribution is 5.73. The summed E-state index contributed by atoms with van der Waals surface area (Å²) >= 11 is 0. The Bertz CT molecular complexity index is 923. The molecule has 2 aromatic rings. The number of hydrogen-bond donors (Lipinski definition) is 0. The maximum Gasteiger partial charge on any atom is 0.156 e. The molecule has 0 unspecified atom stereocenters. The Morgan fingerprint density at radius 2 is 1.86 bits per heavy atom. The minimum atomic E-state index is 0.610. The van der Waals surface area contributed by atoms with E-state index in [1.165, 1.54) is 61.4 Å². The van der Waals surface area contributed by atoms with Crippen LogP contribution in [0.1, 0.15) is 61.5 Å². The summed E-state index contributed by atoms with van der Waals surface area (Å²) in [4.78, 5) is 12.3. The standard InChI is InChI=1S/C23H30N4O/c1-26-14-23(15-26)8-4-17(5-9-23)20-13-27-21(25-20)12-24-19-3-2-18(22(19)27)16-6-10-28-11-7-16/h2,12-13,16-17H,3-11,14-15H2,1H3. The van der Waals surface area contributed by atoms with Crippen LogP contribution in [0.2, 0.25) is 0 Å². The molecule has 0 aromatic carbocycles. The number of aromatic nitrogens is 3. The number of likely N-dealkylation sites (tertiary alicyclic amines) is 1. The Labute approximate surface area is 166 Å². The van der Waals surface area contributed by atoms with Crippen LogP contribution in [0.5, 0.6) is 0 Å². The van der Waals surface area contributed by atoms with Crippen LogP contribution in [-0.2, 0) is 11.2 Å². The molecule has 5 heteroatoms. The highest BCUT2D eigenvalue weighted by Crippen LogP contribution is 2.47. The van der Waals surface area contributed by atoms with Gasteiger partial charge in [0, 0.05) is 44.8 Å². The fourth-order valence-corrected chi connectivity index (χ4v) is 6.28. The van der Waals surface area contributed by atoms with Crippen LogP contribution < -0.4 is 0 Å². The molecule has 2 saturated heterocycles. The van der Waals surface area contributed by atoms with Crippen LogP contribution >= 0.6 is 0 Å². The Hall–Kier alpha value is -1.72. The van der Waals surface area contributed by atoms with Crippen molar-refractivity contribution in [2.45, 2.75) is 50.9 Å². The first-order chi connectivity index (χ1) is 13.7. The van der Waals surface area contributed by atoms with Gasteiger partial charge >= 0.3 is 0 Å². The fourth-order valence-electron chi connectivity index (χ4n) is 6.28. The fraction of sp³-hybridized carbons (Fsp3) is 0.652. The maximum absolute atomic E-state index is 5.59. The first-order valence-corrected chi connectivity index (χ1v) is 11.0. The van der Waals surface area contributed by atoms with E-state index in [2.05, 4.69) is 28.6 Å². The summed E-state index contributed by atoms with van der Waals surface area (Å²) in [5.41, 5.74) is 6.97. The molecule has 3 fully saturated rings. The Balaban J connectivity index is 1.29. The van der Waals surface area contributed by atoms with Crippen molar-refractivity contribution in [3.05, 3.63) is 35.6 Å². The van der Waals surface area contributed by atoms with Gasteiger partial charge < -0.3 is 9.64 Å². The molecule has 1 spiro atoms. The smallest absolute Gasteiger partial charge is 0.156 e. The van der Waals surface area contributed by atoms with E-state index >= 15 is 0 Å². The number of hydrogen-bond acceptors (Lipinski definition) is 4. The molecule has 2 aliphatic carbocycles. The van der Waals surface area contributed by atoms with E-state index in [9.17, 15) is 0 Å². The van der Waals surface area contributed by atoms with Crippen molar-refractivity contribution in [3.8, 4) is 0 Å². The molecule has 2 aromatic heterocycles. The number of imidazole rings is 1. The molecule has 5 nitrogen and oxygen atoms in total. The van der Waals surface area contributed by atoms with Gasteiger partial charge in [-0.15, -0.1) is 0 Å². The van der Waals surface area contributed by atoms with E-state index < -0.39 is 0 Å². The van der Waals surface area contributed by atoms with Gasteiger partial charge in [0.15, 0.2) is 5.65 Å². The number of fused-ring (bicyclic) bond motifs is 3. The van der Waals surface area contributed by atoms with Crippen LogP contribution in [0.4, 0.5) is 0 Å². The van der Waals surface area contributed by atoms with Gasteiger partial charge in [-0.25, -0.2) is 4.98 Å². The second kappa shape index (κ2) is 6.39. The Morgan fingerprint density at radius 3 is 2.61 bits per heavy atom. The molecule has 0 bridgehead atoms. The zero-order valence-corrected chi connectivity index (χ0v) is 16.9. The number of allylic oxidation sites excluding steroid dienone is 2. The molecule has 0 amide bonds. The van der Waals surface area contributed by atoms with Gasteiger partial charge in [0.1, 0.15) is 0 Å². The lowest BCUT2D eigenvalue weighted by molar-refractivity contribution is -0.0140. The Morgan fingerprint density at radius 1 is 1.07 bits per heavy atom. The van der Waals surface area contributed by atoms with Gasteiger partial charge in [-0.05, 0) is 62.5 Å². The van der Waals surface area contributed by atoms with Gasteiger partial charge in [-0.1, -0.05) is 6.08 Å². The van der Waals surface area contributed by atoms with Crippen LogP contribution in [-0.4, -0.2) is 52.6 Å². The SMILES string of the molecule is CN1CC2(CCC(c3cn4c5c(ncc4n3)CC=C5C3CCOCC3)CC2)C1. The zero-order valence-electron chi connectivity index (χ0n) is 16.9. The molecule has 148 valence electrons. The number of rotatable bonds is 2. The third-order valence-electron chi connectivity index (χ3n) is 7.73. The Kier molecular flexibility index (Phi) is 3.92. The molecule has 4 aliphatic rings. The topological polar surface area (TPSA) is 42.7 Å². The van der Waals surface area contributed by atoms with Gasteiger partial charge in [0.25, 0.3) is 0 Å². The van der Waals surface area contributed by atoms with E-state index in [1.54, 1.807) is 0 Å². The van der Waals surface area contributed by atoms with E-state index in [1.807, 2.05) is 6.20 Å². The van der Waals surface area contributed by atoms with Crippen molar-refractivity contribution in [3.63, 3.8) is 0 Å². The minimum Gasteiger partial charge on any atom is -0.381 e. The first kappa shape index (κ1) is 17.2. The maximum atomic E-state index is 5.59. The normalized spacial score (nSPS) is 25.8. The van der Waals surface area contributed by atoms with Gasteiger partial charge in [-0.3, -0.25) is 9.38 Å². The molecule has 28 heavy (non-hydrogen) atoms. The molecule has 0 atom stereocenters. The molecule has 0 N–H and O–H groups in total. The number of nitrogens with zero attached hydrogens (tertiary/aromatic N) is 4. The lowest BCUT2D eigenvalue weighted by Gasteiger charge is -2.52. The van der Waals surface area contributed by atoms with Crippen molar-refractivity contribution in [1.29, 1.82) is 0 Å². The predicted octanol–water partition coefficient (Wildman–Crippen LogP) is 3.68. The van der Waals surface area contributed by atoms with Gasteiger partial charge in [0.05, 0.1) is 23.3 Å². The predicted molar refractivity (Wildman–Crippen MR) is 109 cm³/mol. The highest BCUT2D eigenvalue weighted by Gasteiger charge is 2.44. The molecular weight excluding hydrogens is 348 g/mol. The van der Waals surface area contributed by atoms with E-state index in [4.69, 9.17) is 14.7 Å². The third kappa shape index (κ3) is 2.66. The first-order valence-electron chi connectivity index (χ1n) is 11.0. The zero-order chi connectivity index (χ0) is 18.7. The summed E-state index contributed by atoms with van der Waals surface area (Å²) in [6, 6.07) is 0.